The highest BCUT2D eigenvalue weighted by Crippen LogP contribution is 2.36. The highest BCUT2D eigenvalue weighted by atomic mass is 32.2. The Morgan fingerprint density at radius 1 is 1.50 bits per heavy atom. The van der Waals surface area contributed by atoms with Crippen molar-refractivity contribution in [2.45, 2.75) is 37.3 Å². The molecule has 2 aliphatic heterocycles. The van der Waals surface area contributed by atoms with Crippen LogP contribution in [0.2, 0.25) is 0 Å². The quantitative estimate of drug-likeness (QED) is 0.593. The predicted octanol–water partition coefficient (Wildman–Crippen LogP) is -1.02. The van der Waals surface area contributed by atoms with Crippen molar-refractivity contribution in [3.8, 4) is 0 Å². The molecule has 22 heavy (non-hydrogen) atoms. The molecule has 0 aromatic carbocycles. The van der Waals surface area contributed by atoms with E-state index in [9.17, 15) is 18.0 Å². The number of nitrogens with zero attached hydrogens (tertiary/aromatic N) is 1. The minimum atomic E-state index is -3.20. The maximum Gasteiger partial charge on any atom is 0.320 e. The van der Waals surface area contributed by atoms with E-state index in [4.69, 9.17) is 5.11 Å². The summed E-state index contributed by atoms with van der Waals surface area (Å²) in [6.07, 6.45) is 3.13. The summed E-state index contributed by atoms with van der Waals surface area (Å²) >= 11 is 0. The minimum Gasteiger partial charge on any atom is -0.480 e. The average Bonchev–Trinajstić information content (AvgIpc) is 2.71. The largest absolute Gasteiger partial charge is 0.480 e. The Morgan fingerprint density at radius 3 is 2.55 bits per heavy atom. The van der Waals surface area contributed by atoms with Gasteiger partial charge in [-0.3, -0.25) is 9.59 Å². The minimum absolute atomic E-state index is 0.130. The topological polar surface area (TPSA) is 116 Å². The zero-order valence-corrected chi connectivity index (χ0v) is 13.6. The van der Waals surface area contributed by atoms with Gasteiger partial charge in [0.15, 0.2) is 0 Å². The van der Waals surface area contributed by atoms with E-state index >= 15 is 0 Å². The predicted molar refractivity (Wildman–Crippen MR) is 79.7 cm³/mol. The highest BCUT2D eigenvalue weighted by molar-refractivity contribution is 7.88. The summed E-state index contributed by atoms with van der Waals surface area (Å²) in [5.41, 5.74) is -0.389. The van der Waals surface area contributed by atoms with Crippen molar-refractivity contribution >= 4 is 21.9 Å². The number of carboxylic acid groups (broad SMARTS) is 1. The maximum atomic E-state index is 12.1. The molecule has 2 aliphatic rings. The molecular weight excluding hydrogens is 310 g/mol. The second-order valence-electron chi connectivity index (χ2n) is 6.25. The monoisotopic (exact) mass is 333 g/mol. The van der Waals surface area contributed by atoms with Crippen LogP contribution in [0.4, 0.5) is 0 Å². The van der Waals surface area contributed by atoms with Crippen LogP contribution in [0.15, 0.2) is 0 Å². The Balaban J connectivity index is 1.99. The van der Waals surface area contributed by atoms with E-state index in [1.165, 1.54) is 10.6 Å². The van der Waals surface area contributed by atoms with Gasteiger partial charge in [-0.2, -0.15) is 0 Å². The lowest BCUT2D eigenvalue weighted by atomic mass is 9.83. The van der Waals surface area contributed by atoms with Crippen LogP contribution in [0, 0.1) is 5.92 Å². The number of hydrogen-bond acceptors (Lipinski definition) is 5. The second kappa shape index (κ2) is 6.13. The number of aliphatic carboxylic acids is 1. The SMILES string of the molecule is CN[C@@H](C[C@H]1CC2(CCN(S(C)(=O)=O)CC2)NC1=O)C(=O)O. The molecule has 126 valence electrons. The van der Waals surface area contributed by atoms with Crippen molar-refractivity contribution in [1.29, 1.82) is 0 Å². The molecule has 3 N–H and O–H groups in total. The van der Waals surface area contributed by atoms with Gasteiger partial charge >= 0.3 is 5.97 Å². The Morgan fingerprint density at radius 2 is 2.09 bits per heavy atom. The van der Waals surface area contributed by atoms with Crippen LogP contribution >= 0.6 is 0 Å². The van der Waals surface area contributed by atoms with Crippen molar-refractivity contribution in [1.82, 2.24) is 14.9 Å². The van der Waals surface area contributed by atoms with Crippen LogP contribution in [0.5, 0.6) is 0 Å². The third kappa shape index (κ3) is 3.58. The molecular formula is C13H23N3O5S. The Kier molecular flexibility index (Phi) is 4.78. The van der Waals surface area contributed by atoms with E-state index in [1.54, 1.807) is 7.05 Å². The van der Waals surface area contributed by atoms with Crippen molar-refractivity contribution in [2.24, 2.45) is 5.92 Å². The summed E-state index contributed by atoms with van der Waals surface area (Å²) < 4.78 is 24.5. The lowest BCUT2D eigenvalue weighted by Gasteiger charge is -2.38. The Bertz CT molecular complexity index is 554. The molecule has 2 saturated heterocycles. The van der Waals surface area contributed by atoms with Gasteiger partial charge in [0.05, 0.1) is 6.26 Å². The third-order valence-corrected chi connectivity index (χ3v) is 6.01. The van der Waals surface area contributed by atoms with Crippen LogP contribution in [-0.2, 0) is 19.6 Å². The summed E-state index contributed by atoms with van der Waals surface area (Å²) in [6, 6.07) is -0.748. The molecule has 0 unspecified atom stereocenters. The standard InChI is InChI=1S/C13H23N3O5S/c1-14-10(12(18)19)7-9-8-13(15-11(9)17)3-5-16(6-4-13)22(2,20)21/h9-10,14H,3-8H2,1-2H3,(H,15,17)(H,18,19)/t9-,10-/m0/s1. The highest BCUT2D eigenvalue weighted by Gasteiger charge is 2.47. The first kappa shape index (κ1) is 17.2. The normalized spacial score (nSPS) is 26.8. The molecule has 0 saturated carbocycles. The first-order valence-corrected chi connectivity index (χ1v) is 9.19. The number of piperidine rings is 1. The summed E-state index contributed by atoms with van der Waals surface area (Å²) in [7, 11) is -1.64. The molecule has 2 heterocycles. The molecule has 0 aromatic rings. The van der Waals surface area contributed by atoms with Gasteiger partial charge in [0.25, 0.3) is 0 Å². The van der Waals surface area contributed by atoms with Crippen molar-refractivity contribution < 1.29 is 23.1 Å². The second-order valence-corrected chi connectivity index (χ2v) is 8.23. The lowest BCUT2D eigenvalue weighted by molar-refractivity contribution is -0.140. The van der Waals surface area contributed by atoms with Gasteiger partial charge < -0.3 is 15.7 Å². The van der Waals surface area contributed by atoms with E-state index in [-0.39, 0.29) is 23.8 Å². The zero-order chi connectivity index (χ0) is 16.5. The fraction of sp³-hybridized carbons (Fsp3) is 0.846. The van der Waals surface area contributed by atoms with E-state index < -0.39 is 22.0 Å². The molecule has 1 amide bonds. The van der Waals surface area contributed by atoms with Gasteiger partial charge in [0, 0.05) is 24.5 Å². The molecule has 0 radical (unpaired) electrons. The van der Waals surface area contributed by atoms with E-state index in [0.29, 0.717) is 32.4 Å². The van der Waals surface area contributed by atoms with Crippen molar-refractivity contribution in [3.05, 3.63) is 0 Å². The fourth-order valence-electron chi connectivity index (χ4n) is 3.37. The van der Waals surface area contributed by atoms with Crippen LogP contribution in [0.3, 0.4) is 0 Å². The molecule has 2 atom stereocenters. The van der Waals surface area contributed by atoms with Gasteiger partial charge in [-0.25, -0.2) is 12.7 Å². The lowest BCUT2D eigenvalue weighted by Crippen LogP contribution is -2.51. The first-order chi connectivity index (χ1) is 10.2. The van der Waals surface area contributed by atoms with Crippen LogP contribution in [0.25, 0.3) is 0 Å². The molecule has 0 aromatic heterocycles. The molecule has 1 spiro atoms. The molecule has 0 bridgehead atoms. The van der Waals surface area contributed by atoms with Crippen LogP contribution < -0.4 is 10.6 Å². The third-order valence-electron chi connectivity index (χ3n) is 4.71. The maximum absolute atomic E-state index is 12.1. The van der Waals surface area contributed by atoms with Crippen molar-refractivity contribution in [2.75, 3.05) is 26.4 Å². The summed E-state index contributed by atoms with van der Waals surface area (Å²) in [6.45, 7) is 0.778. The number of rotatable bonds is 5. The van der Waals surface area contributed by atoms with Crippen LogP contribution in [0.1, 0.15) is 25.7 Å². The molecule has 2 fully saturated rings. The number of likely N-dealkylation sites (N-methyl/N-ethyl adjacent to an activating group) is 1. The molecule has 8 nitrogen and oxygen atoms in total. The van der Waals surface area contributed by atoms with Gasteiger partial charge in [0.1, 0.15) is 6.04 Å². The number of carbonyl (C=O) groups is 2. The first-order valence-electron chi connectivity index (χ1n) is 7.34. The zero-order valence-electron chi connectivity index (χ0n) is 12.8. The summed E-state index contributed by atoms with van der Waals surface area (Å²) in [5, 5.41) is 14.8. The number of nitrogens with one attached hydrogen (secondary N) is 2. The van der Waals surface area contributed by atoms with Gasteiger partial charge in [-0.1, -0.05) is 0 Å². The molecule has 9 heteroatoms. The fourth-order valence-corrected chi connectivity index (χ4v) is 4.22. The van der Waals surface area contributed by atoms with E-state index in [1.807, 2.05) is 0 Å². The molecule has 2 rings (SSSR count). The Labute approximate surface area is 130 Å². The van der Waals surface area contributed by atoms with Gasteiger partial charge in [-0.05, 0) is 32.7 Å². The van der Waals surface area contributed by atoms with Gasteiger partial charge in [-0.15, -0.1) is 0 Å². The number of carboxylic acids is 1. The Hall–Kier alpha value is -1.19. The molecule has 0 aliphatic carbocycles. The number of amides is 1. The number of carbonyl (C=O) groups excluding carboxylic acids is 1. The smallest absolute Gasteiger partial charge is 0.320 e. The number of hydrogen-bond donors (Lipinski definition) is 3. The van der Waals surface area contributed by atoms with E-state index in [2.05, 4.69) is 10.6 Å². The summed E-state index contributed by atoms with van der Waals surface area (Å²) in [4.78, 5) is 23.2. The summed E-state index contributed by atoms with van der Waals surface area (Å²) in [5.74, 6) is -1.45. The van der Waals surface area contributed by atoms with E-state index in [0.717, 1.165) is 0 Å². The van der Waals surface area contributed by atoms with Crippen LogP contribution in [-0.4, -0.2) is 67.7 Å². The number of sulfonamides is 1. The van der Waals surface area contributed by atoms with Crippen molar-refractivity contribution in [3.63, 3.8) is 0 Å². The van der Waals surface area contributed by atoms with Gasteiger partial charge in [0.2, 0.25) is 15.9 Å². The average molecular weight is 333 g/mol.